The number of aromatic nitrogens is 1. The minimum Gasteiger partial charge on any atom is -0.504 e. The summed E-state index contributed by atoms with van der Waals surface area (Å²) in [5, 5.41) is 28.8. The van der Waals surface area contributed by atoms with Crippen molar-refractivity contribution >= 4 is 22.7 Å². The highest BCUT2D eigenvalue weighted by atomic mass is 16.4. The van der Waals surface area contributed by atoms with Crippen molar-refractivity contribution in [3.63, 3.8) is 0 Å². The maximum atomic E-state index is 12.3. The molecule has 0 bridgehead atoms. The van der Waals surface area contributed by atoms with E-state index in [9.17, 15) is 20.0 Å². The molecule has 0 aliphatic rings. The molecule has 0 atom stereocenters. The maximum absolute atomic E-state index is 12.3. The summed E-state index contributed by atoms with van der Waals surface area (Å²) in [5.74, 6) is 3.70. The third kappa shape index (κ3) is 3.98. The maximum Gasteiger partial charge on any atom is 0.303 e. The van der Waals surface area contributed by atoms with Gasteiger partial charge in [-0.3, -0.25) is 9.59 Å². The third-order valence-electron chi connectivity index (χ3n) is 4.03. The number of hydrogen-bond donors (Lipinski definition) is 2. The number of nitriles is 1. The number of carboxylic acid groups (broad SMARTS) is 1. The first-order chi connectivity index (χ1) is 13.5. The summed E-state index contributed by atoms with van der Waals surface area (Å²) in [7, 11) is 0. The van der Waals surface area contributed by atoms with E-state index in [2.05, 4.69) is 16.8 Å². The van der Waals surface area contributed by atoms with Gasteiger partial charge < -0.3 is 10.2 Å². The first kappa shape index (κ1) is 18.6. The Balaban J connectivity index is 2.06. The fourth-order valence-electron chi connectivity index (χ4n) is 2.64. The first-order valence-corrected chi connectivity index (χ1v) is 8.38. The van der Waals surface area contributed by atoms with Crippen LogP contribution in [0.5, 0.6) is 5.75 Å². The second-order valence-corrected chi connectivity index (χ2v) is 5.96. The van der Waals surface area contributed by atoms with Gasteiger partial charge in [0.15, 0.2) is 11.5 Å². The normalized spacial score (nSPS) is 9.96. The van der Waals surface area contributed by atoms with Gasteiger partial charge in [0, 0.05) is 22.9 Å². The Morgan fingerprint density at radius 2 is 1.71 bits per heavy atom. The number of Topliss-reactive ketones (excluding diaryl/α,β-unsaturated/α-hetero) is 1. The summed E-state index contributed by atoms with van der Waals surface area (Å²) in [6, 6.07) is 16.2. The quantitative estimate of drug-likeness (QED) is 0.539. The van der Waals surface area contributed by atoms with Gasteiger partial charge in [0.25, 0.3) is 0 Å². The third-order valence-corrected chi connectivity index (χ3v) is 4.03. The van der Waals surface area contributed by atoms with Gasteiger partial charge in [0.2, 0.25) is 0 Å². The van der Waals surface area contributed by atoms with Crippen molar-refractivity contribution in [3.05, 3.63) is 70.9 Å². The molecule has 28 heavy (non-hydrogen) atoms. The molecule has 0 saturated heterocycles. The molecule has 6 heteroatoms. The molecule has 136 valence electrons. The molecule has 0 aliphatic carbocycles. The lowest BCUT2D eigenvalue weighted by Crippen LogP contribution is -2.07. The fraction of sp³-hybridized carbons (Fsp3) is 0.0909. The Morgan fingerprint density at radius 1 is 1.00 bits per heavy atom. The van der Waals surface area contributed by atoms with Crippen LogP contribution < -0.4 is 0 Å². The zero-order chi connectivity index (χ0) is 20.1. The minimum absolute atomic E-state index is 0.0776. The molecule has 3 aromatic rings. The number of hydrogen-bond acceptors (Lipinski definition) is 5. The molecular weight excluding hydrogens is 356 g/mol. The summed E-state index contributed by atoms with van der Waals surface area (Å²) in [6.07, 6.45) is -0.706. The van der Waals surface area contributed by atoms with Crippen LogP contribution in [0, 0.1) is 23.2 Å². The van der Waals surface area contributed by atoms with Crippen LogP contribution in [0.3, 0.4) is 0 Å². The lowest BCUT2D eigenvalue weighted by atomic mass is 10.0. The van der Waals surface area contributed by atoms with Crippen molar-refractivity contribution in [1.29, 1.82) is 5.26 Å². The number of aromatic hydroxyl groups is 1. The van der Waals surface area contributed by atoms with E-state index in [1.807, 2.05) is 36.4 Å². The number of carbonyl (C=O) groups is 2. The molecule has 2 N–H and O–H groups in total. The highest BCUT2D eigenvalue weighted by Gasteiger charge is 2.20. The van der Waals surface area contributed by atoms with E-state index < -0.39 is 17.5 Å². The van der Waals surface area contributed by atoms with Crippen molar-refractivity contribution in [2.24, 2.45) is 0 Å². The Labute approximate surface area is 160 Å². The van der Waals surface area contributed by atoms with Crippen LogP contribution in [-0.4, -0.2) is 26.9 Å². The molecule has 0 amide bonds. The van der Waals surface area contributed by atoms with Crippen LogP contribution in [0.15, 0.2) is 48.5 Å². The monoisotopic (exact) mass is 370 g/mol. The number of aliphatic carboxylic acids is 1. The predicted molar refractivity (Wildman–Crippen MR) is 102 cm³/mol. The molecule has 0 saturated carbocycles. The summed E-state index contributed by atoms with van der Waals surface area (Å²) in [6.45, 7) is 0. The van der Waals surface area contributed by atoms with Crippen LogP contribution >= 0.6 is 0 Å². The van der Waals surface area contributed by atoms with E-state index in [1.165, 1.54) is 0 Å². The van der Waals surface area contributed by atoms with E-state index in [0.29, 0.717) is 16.5 Å². The van der Waals surface area contributed by atoms with E-state index in [0.717, 1.165) is 5.56 Å². The van der Waals surface area contributed by atoms with Gasteiger partial charge in [-0.1, -0.05) is 36.1 Å². The Hall–Kier alpha value is -4.16. The predicted octanol–water partition coefficient (Wildman–Crippen LogP) is 3.26. The van der Waals surface area contributed by atoms with Crippen LogP contribution in [0.1, 0.15) is 40.0 Å². The molecule has 0 spiro atoms. The second-order valence-electron chi connectivity index (χ2n) is 5.96. The lowest BCUT2D eigenvalue weighted by Gasteiger charge is -2.08. The summed E-state index contributed by atoms with van der Waals surface area (Å²) in [4.78, 5) is 27.1. The number of nitrogens with zero attached hydrogens (tertiary/aromatic N) is 2. The Kier molecular flexibility index (Phi) is 5.34. The van der Waals surface area contributed by atoms with Crippen LogP contribution in [0.2, 0.25) is 0 Å². The van der Waals surface area contributed by atoms with Gasteiger partial charge in [0.1, 0.15) is 17.3 Å². The molecule has 1 heterocycles. The number of fused-ring (bicyclic) bond motifs is 1. The van der Waals surface area contributed by atoms with E-state index in [4.69, 9.17) is 5.11 Å². The minimum atomic E-state index is -1.13. The van der Waals surface area contributed by atoms with Crippen molar-refractivity contribution in [2.45, 2.75) is 12.8 Å². The summed E-state index contributed by atoms with van der Waals surface area (Å²) < 4.78 is 0. The highest BCUT2D eigenvalue weighted by Crippen LogP contribution is 2.29. The van der Waals surface area contributed by atoms with Crippen molar-refractivity contribution in [2.75, 3.05) is 0 Å². The standard InChI is InChI=1S/C22H14N2O4/c23-13-17-16-9-8-15(7-6-14-4-2-1-3-5-14)12-18(16)24-21(22(17)28)19(25)10-11-20(26)27/h1-5,8-9,12,28H,10-11H2,(H,26,27). The van der Waals surface area contributed by atoms with Gasteiger partial charge in [-0.25, -0.2) is 4.98 Å². The molecule has 1 aromatic heterocycles. The number of carboxylic acids is 1. The Bertz CT molecular complexity index is 1180. The van der Waals surface area contributed by atoms with E-state index in [-0.39, 0.29) is 24.1 Å². The van der Waals surface area contributed by atoms with Crippen LogP contribution in [0.25, 0.3) is 10.9 Å². The van der Waals surface area contributed by atoms with Crippen molar-refractivity contribution in [3.8, 4) is 23.7 Å². The summed E-state index contributed by atoms with van der Waals surface area (Å²) >= 11 is 0. The smallest absolute Gasteiger partial charge is 0.303 e. The molecule has 0 fully saturated rings. The number of rotatable bonds is 4. The molecule has 3 rings (SSSR count). The average Bonchev–Trinajstić information content (AvgIpc) is 2.70. The first-order valence-electron chi connectivity index (χ1n) is 8.38. The van der Waals surface area contributed by atoms with Crippen LogP contribution in [0.4, 0.5) is 0 Å². The van der Waals surface area contributed by atoms with Crippen molar-refractivity contribution < 1.29 is 19.8 Å². The SMILES string of the molecule is N#Cc1c(O)c(C(=O)CCC(=O)O)nc2cc(C#Cc3ccccc3)ccc12. The largest absolute Gasteiger partial charge is 0.504 e. The van der Waals surface area contributed by atoms with Crippen molar-refractivity contribution in [1.82, 2.24) is 4.98 Å². The zero-order valence-corrected chi connectivity index (χ0v) is 14.6. The van der Waals surface area contributed by atoms with Gasteiger partial charge >= 0.3 is 5.97 Å². The van der Waals surface area contributed by atoms with Gasteiger partial charge in [-0.15, -0.1) is 0 Å². The molecule has 2 aromatic carbocycles. The van der Waals surface area contributed by atoms with E-state index in [1.54, 1.807) is 18.2 Å². The van der Waals surface area contributed by atoms with Gasteiger partial charge in [-0.2, -0.15) is 5.26 Å². The zero-order valence-electron chi connectivity index (χ0n) is 14.6. The number of benzene rings is 2. The lowest BCUT2D eigenvalue weighted by molar-refractivity contribution is -0.136. The number of pyridine rings is 1. The highest BCUT2D eigenvalue weighted by molar-refractivity contribution is 6.02. The molecular formula is C22H14N2O4. The van der Waals surface area contributed by atoms with Gasteiger partial charge in [-0.05, 0) is 24.3 Å². The van der Waals surface area contributed by atoms with Gasteiger partial charge in [0.05, 0.1) is 11.9 Å². The molecule has 0 radical (unpaired) electrons. The number of ketones is 1. The molecule has 0 unspecified atom stereocenters. The van der Waals surface area contributed by atoms with E-state index >= 15 is 0 Å². The topological polar surface area (TPSA) is 111 Å². The molecule has 0 aliphatic heterocycles. The fourth-order valence-corrected chi connectivity index (χ4v) is 2.64. The molecule has 6 nitrogen and oxygen atoms in total. The van der Waals surface area contributed by atoms with Crippen LogP contribution in [-0.2, 0) is 4.79 Å². The second kappa shape index (κ2) is 8.03. The number of carbonyl (C=O) groups excluding carboxylic acids is 1. The average molecular weight is 370 g/mol. The summed E-state index contributed by atoms with van der Waals surface area (Å²) in [5.41, 5.74) is 1.41. The Morgan fingerprint density at radius 3 is 2.39 bits per heavy atom.